The summed E-state index contributed by atoms with van der Waals surface area (Å²) in [5.74, 6) is 0.111. The van der Waals surface area contributed by atoms with Crippen molar-refractivity contribution in [1.82, 2.24) is 9.80 Å². The van der Waals surface area contributed by atoms with Crippen LogP contribution >= 0.6 is 31.9 Å². The Balaban J connectivity index is 2.45. The number of alkyl halides is 2. The molecule has 14 heavy (non-hydrogen) atoms. The lowest BCUT2D eigenvalue weighted by Crippen LogP contribution is -2.45. The van der Waals surface area contributed by atoms with E-state index in [4.69, 9.17) is 0 Å². The summed E-state index contributed by atoms with van der Waals surface area (Å²) in [6.45, 7) is 2.16. The monoisotopic (exact) mass is 326 g/mol. The maximum Gasteiger partial charge on any atom is 0.247 e. The lowest BCUT2D eigenvalue weighted by molar-refractivity contribution is -0.130. The highest BCUT2D eigenvalue weighted by Crippen LogP contribution is 2.18. The zero-order valence-corrected chi connectivity index (χ0v) is 11.7. The number of piperidine rings is 1. The van der Waals surface area contributed by atoms with E-state index in [1.807, 2.05) is 11.9 Å². The van der Waals surface area contributed by atoms with Gasteiger partial charge in [-0.25, -0.2) is 0 Å². The number of hydrogen-bond acceptors (Lipinski definition) is 2. The number of hydrogen-bond donors (Lipinski definition) is 0. The van der Waals surface area contributed by atoms with Crippen molar-refractivity contribution in [2.24, 2.45) is 0 Å². The average Bonchev–Trinajstić information content (AvgIpc) is 2.16. The van der Waals surface area contributed by atoms with Gasteiger partial charge >= 0.3 is 0 Å². The normalized spacial score (nSPS) is 20.1. The van der Waals surface area contributed by atoms with Crippen molar-refractivity contribution in [2.45, 2.75) is 22.6 Å². The van der Waals surface area contributed by atoms with Gasteiger partial charge < -0.3 is 9.80 Å². The fraction of sp³-hybridized carbons (Fsp3) is 0.889. The molecule has 1 aliphatic heterocycles. The summed E-state index contributed by atoms with van der Waals surface area (Å²) in [7, 11) is 4.00. The highest BCUT2D eigenvalue weighted by molar-refractivity contribution is 9.25. The van der Waals surface area contributed by atoms with Crippen molar-refractivity contribution in [3.8, 4) is 0 Å². The Bertz CT molecular complexity index is 203. The third kappa shape index (κ3) is 3.21. The topological polar surface area (TPSA) is 23.6 Å². The van der Waals surface area contributed by atoms with E-state index >= 15 is 0 Å². The van der Waals surface area contributed by atoms with Gasteiger partial charge in [-0.3, -0.25) is 4.79 Å². The van der Waals surface area contributed by atoms with Crippen molar-refractivity contribution in [3.63, 3.8) is 0 Å². The largest absolute Gasteiger partial charge is 0.341 e. The van der Waals surface area contributed by atoms with Gasteiger partial charge in [0, 0.05) is 13.1 Å². The number of rotatable bonds is 2. The standard InChI is InChI=1S/C9H16Br2N2O/c1-12-5-3-7(4-6-12)13(2)9(14)8(10)11/h7-8H,3-6H2,1-2H3. The van der Waals surface area contributed by atoms with Crippen molar-refractivity contribution in [2.75, 3.05) is 27.2 Å². The van der Waals surface area contributed by atoms with E-state index in [9.17, 15) is 4.79 Å². The second-order valence-corrected chi connectivity index (χ2v) is 6.84. The highest BCUT2D eigenvalue weighted by atomic mass is 79.9. The Labute approximate surface area is 102 Å². The number of likely N-dealkylation sites (tertiary alicyclic amines) is 1. The van der Waals surface area contributed by atoms with Crippen LogP contribution in [-0.2, 0) is 4.79 Å². The molecule has 1 fully saturated rings. The molecule has 1 amide bonds. The molecule has 0 atom stereocenters. The Morgan fingerprint density at radius 3 is 2.36 bits per heavy atom. The van der Waals surface area contributed by atoms with Crippen LogP contribution in [0.3, 0.4) is 0 Å². The summed E-state index contributed by atoms with van der Waals surface area (Å²) in [5, 5.41) is 0. The van der Waals surface area contributed by atoms with Crippen LogP contribution in [0, 0.1) is 0 Å². The van der Waals surface area contributed by atoms with Crippen molar-refractivity contribution < 1.29 is 4.79 Å². The maximum absolute atomic E-state index is 11.6. The molecule has 0 aromatic rings. The Hall–Kier alpha value is 0.390. The van der Waals surface area contributed by atoms with E-state index in [1.165, 1.54) is 0 Å². The zero-order chi connectivity index (χ0) is 10.7. The SMILES string of the molecule is CN1CCC(N(C)C(=O)C(Br)Br)CC1. The second-order valence-electron chi connectivity index (χ2n) is 3.78. The average molecular weight is 328 g/mol. The van der Waals surface area contributed by atoms with Gasteiger partial charge in [0.1, 0.15) is 3.74 Å². The van der Waals surface area contributed by atoms with Gasteiger partial charge in [-0.1, -0.05) is 31.9 Å². The molecule has 1 aliphatic rings. The molecule has 1 rings (SSSR count). The molecular weight excluding hydrogens is 312 g/mol. The first kappa shape index (κ1) is 12.5. The van der Waals surface area contributed by atoms with E-state index < -0.39 is 0 Å². The van der Waals surface area contributed by atoms with Crippen LogP contribution in [0.5, 0.6) is 0 Å². The number of nitrogens with zero attached hydrogens (tertiary/aromatic N) is 2. The van der Waals surface area contributed by atoms with Crippen molar-refractivity contribution >= 4 is 37.8 Å². The van der Waals surface area contributed by atoms with E-state index in [0.29, 0.717) is 6.04 Å². The molecule has 0 aromatic carbocycles. The number of halogens is 2. The van der Waals surface area contributed by atoms with Crippen LogP contribution < -0.4 is 0 Å². The minimum absolute atomic E-state index is 0.111. The third-order valence-electron chi connectivity index (χ3n) is 2.77. The van der Waals surface area contributed by atoms with Gasteiger partial charge in [-0.2, -0.15) is 0 Å². The number of carbonyl (C=O) groups excluding carboxylic acids is 1. The lowest BCUT2D eigenvalue weighted by Gasteiger charge is -2.35. The van der Waals surface area contributed by atoms with E-state index in [1.54, 1.807) is 0 Å². The van der Waals surface area contributed by atoms with Gasteiger partial charge in [-0.15, -0.1) is 0 Å². The van der Waals surface area contributed by atoms with Gasteiger partial charge in [-0.05, 0) is 33.0 Å². The molecule has 82 valence electrons. The van der Waals surface area contributed by atoms with Crippen LogP contribution in [0.2, 0.25) is 0 Å². The van der Waals surface area contributed by atoms with E-state index in [-0.39, 0.29) is 9.64 Å². The molecule has 0 spiro atoms. The van der Waals surface area contributed by atoms with Crippen molar-refractivity contribution in [3.05, 3.63) is 0 Å². The fourth-order valence-electron chi connectivity index (χ4n) is 1.72. The molecule has 5 heteroatoms. The molecule has 0 N–H and O–H groups in total. The van der Waals surface area contributed by atoms with Crippen LogP contribution in [0.4, 0.5) is 0 Å². The summed E-state index contributed by atoms with van der Waals surface area (Å²) >= 11 is 6.47. The number of carbonyl (C=O) groups is 1. The minimum atomic E-state index is -0.250. The van der Waals surface area contributed by atoms with Gasteiger partial charge in [0.2, 0.25) is 5.91 Å². The summed E-state index contributed by atoms with van der Waals surface area (Å²) in [4.78, 5) is 15.8. The van der Waals surface area contributed by atoms with Crippen LogP contribution in [0.25, 0.3) is 0 Å². The van der Waals surface area contributed by atoms with Crippen LogP contribution in [0.15, 0.2) is 0 Å². The first-order valence-corrected chi connectivity index (χ1v) is 6.59. The molecule has 1 saturated heterocycles. The number of amides is 1. The van der Waals surface area contributed by atoms with Gasteiger partial charge in [0.15, 0.2) is 0 Å². The second kappa shape index (κ2) is 5.47. The molecule has 3 nitrogen and oxygen atoms in total. The predicted molar refractivity (Wildman–Crippen MR) is 64.9 cm³/mol. The molecule has 1 heterocycles. The Morgan fingerprint density at radius 2 is 1.93 bits per heavy atom. The Kier molecular flexibility index (Phi) is 4.87. The molecular formula is C9H16Br2N2O. The van der Waals surface area contributed by atoms with Crippen LogP contribution in [-0.4, -0.2) is 52.7 Å². The first-order chi connectivity index (χ1) is 6.52. The maximum atomic E-state index is 11.6. The fourth-order valence-corrected chi connectivity index (χ4v) is 2.36. The summed E-state index contributed by atoms with van der Waals surface area (Å²) in [6, 6.07) is 0.399. The molecule has 0 unspecified atom stereocenters. The summed E-state index contributed by atoms with van der Waals surface area (Å²) in [5.41, 5.74) is 0. The molecule has 0 saturated carbocycles. The predicted octanol–water partition coefficient (Wildman–Crippen LogP) is 1.65. The smallest absolute Gasteiger partial charge is 0.247 e. The first-order valence-electron chi connectivity index (χ1n) is 4.75. The molecule has 0 bridgehead atoms. The van der Waals surface area contributed by atoms with Gasteiger partial charge in [0.25, 0.3) is 0 Å². The molecule has 0 radical (unpaired) electrons. The van der Waals surface area contributed by atoms with E-state index in [2.05, 4.69) is 43.8 Å². The zero-order valence-electron chi connectivity index (χ0n) is 8.54. The Morgan fingerprint density at radius 1 is 1.43 bits per heavy atom. The minimum Gasteiger partial charge on any atom is -0.341 e. The van der Waals surface area contributed by atoms with Crippen molar-refractivity contribution in [1.29, 1.82) is 0 Å². The molecule has 0 aromatic heterocycles. The van der Waals surface area contributed by atoms with Crippen LogP contribution in [0.1, 0.15) is 12.8 Å². The highest BCUT2D eigenvalue weighted by Gasteiger charge is 2.26. The van der Waals surface area contributed by atoms with Gasteiger partial charge in [0.05, 0.1) is 0 Å². The lowest BCUT2D eigenvalue weighted by atomic mass is 10.0. The van der Waals surface area contributed by atoms with E-state index in [0.717, 1.165) is 25.9 Å². The quantitative estimate of drug-likeness (QED) is 0.720. The third-order valence-corrected chi connectivity index (χ3v) is 3.55. The molecule has 0 aliphatic carbocycles. The summed E-state index contributed by atoms with van der Waals surface area (Å²) < 4.78 is -0.250. The summed E-state index contributed by atoms with van der Waals surface area (Å²) in [6.07, 6.45) is 2.15.